The summed E-state index contributed by atoms with van der Waals surface area (Å²) in [7, 11) is 0. The molecule has 0 amide bonds. The van der Waals surface area contributed by atoms with Gasteiger partial charge in [0.25, 0.3) is 0 Å². The summed E-state index contributed by atoms with van der Waals surface area (Å²) in [6, 6.07) is 5.88. The number of hydrogen-bond donors (Lipinski definition) is 1. The molecule has 6 heteroatoms. The van der Waals surface area contributed by atoms with Crippen molar-refractivity contribution in [1.82, 2.24) is 9.78 Å². The monoisotopic (exact) mass is 236 g/mol. The molecule has 88 valence electrons. The maximum absolute atomic E-state index is 13.0. The van der Waals surface area contributed by atoms with E-state index in [-0.39, 0.29) is 5.82 Å². The van der Waals surface area contributed by atoms with Crippen LogP contribution in [0, 0.1) is 5.82 Å². The van der Waals surface area contributed by atoms with Crippen LogP contribution >= 0.6 is 0 Å². The molecular weight excluding hydrogens is 227 g/mol. The number of rotatable bonds is 4. The summed E-state index contributed by atoms with van der Waals surface area (Å²) < 4.78 is 19.3. The van der Waals surface area contributed by atoms with E-state index in [1.807, 2.05) is 0 Å². The van der Waals surface area contributed by atoms with Gasteiger partial charge in [0.15, 0.2) is 12.4 Å². The fourth-order valence-corrected chi connectivity index (χ4v) is 1.29. The molecule has 0 atom stereocenters. The zero-order valence-corrected chi connectivity index (χ0v) is 8.71. The summed E-state index contributed by atoms with van der Waals surface area (Å²) in [5.74, 6) is -1.12. The van der Waals surface area contributed by atoms with Crippen molar-refractivity contribution >= 4 is 5.97 Å². The molecule has 0 radical (unpaired) electrons. The minimum atomic E-state index is -1.07. The Hall–Kier alpha value is -2.37. The van der Waals surface area contributed by atoms with Gasteiger partial charge in [-0.25, -0.2) is 13.9 Å². The minimum absolute atomic E-state index is 0.316. The van der Waals surface area contributed by atoms with Crippen molar-refractivity contribution in [2.24, 2.45) is 0 Å². The van der Waals surface area contributed by atoms with E-state index in [1.54, 1.807) is 12.1 Å². The van der Waals surface area contributed by atoms with Gasteiger partial charge in [-0.15, -0.1) is 0 Å². The lowest BCUT2D eigenvalue weighted by Crippen LogP contribution is -2.08. The van der Waals surface area contributed by atoms with Crippen LogP contribution in [0.1, 0.15) is 0 Å². The van der Waals surface area contributed by atoms with E-state index in [1.165, 1.54) is 29.2 Å². The van der Waals surface area contributed by atoms with Crippen LogP contribution in [-0.2, 0) is 4.79 Å². The first-order valence-electron chi connectivity index (χ1n) is 4.80. The Labute approximate surface area is 96.1 Å². The Bertz CT molecular complexity index is 539. The molecule has 1 aromatic heterocycles. The normalized spacial score (nSPS) is 10.2. The number of carboxylic acids is 1. The molecule has 1 N–H and O–H groups in total. The van der Waals surface area contributed by atoms with Crippen molar-refractivity contribution in [3.8, 4) is 11.4 Å². The predicted octanol–water partition coefficient (Wildman–Crippen LogP) is 1.47. The summed E-state index contributed by atoms with van der Waals surface area (Å²) >= 11 is 0. The third-order valence-electron chi connectivity index (χ3n) is 1.99. The lowest BCUT2D eigenvalue weighted by atomic mass is 10.3. The maximum atomic E-state index is 13.0. The third kappa shape index (κ3) is 2.81. The van der Waals surface area contributed by atoms with E-state index in [2.05, 4.69) is 5.10 Å². The van der Waals surface area contributed by atoms with Gasteiger partial charge >= 0.3 is 5.97 Å². The zero-order chi connectivity index (χ0) is 12.3. The molecule has 0 saturated heterocycles. The highest BCUT2D eigenvalue weighted by Gasteiger charge is 2.04. The summed E-state index contributed by atoms with van der Waals surface area (Å²) in [4.78, 5) is 10.3. The smallest absolute Gasteiger partial charge is 0.341 e. The summed E-state index contributed by atoms with van der Waals surface area (Å²) in [5, 5.41) is 12.4. The molecule has 0 spiro atoms. The van der Waals surface area contributed by atoms with E-state index in [9.17, 15) is 9.18 Å². The molecule has 17 heavy (non-hydrogen) atoms. The van der Waals surface area contributed by atoms with E-state index in [0.717, 1.165) is 0 Å². The molecule has 0 aliphatic heterocycles. The van der Waals surface area contributed by atoms with Crippen LogP contribution in [0.3, 0.4) is 0 Å². The highest BCUT2D eigenvalue weighted by Crippen LogP contribution is 2.14. The van der Waals surface area contributed by atoms with Crippen molar-refractivity contribution in [2.45, 2.75) is 0 Å². The van der Waals surface area contributed by atoms with Crippen LogP contribution < -0.4 is 4.74 Å². The molecule has 0 aliphatic carbocycles. The molecular formula is C11H9FN2O3. The van der Waals surface area contributed by atoms with E-state index < -0.39 is 12.6 Å². The fraction of sp³-hybridized carbons (Fsp3) is 0.0909. The van der Waals surface area contributed by atoms with Crippen LogP contribution in [0.15, 0.2) is 36.7 Å². The second kappa shape index (κ2) is 4.65. The second-order valence-electron chi connectivity index (χ2n) is 3.28. The van der Waals surface area contributed by atoms with E-state index >= 15 is 0 Å². The Morgan fingerprint density at radius 2 is 2.35 bits per heavy atom. The van der Waals surface area contributed by atoms with Crippen molar-refractivity contribution in [2.75, 3.05) is 6.61 Å². The maximum Gasteiger partial charge on any atom is 0.341 e. The average Bonchev–Trinajstić information content (AvgIpc) is 2.75. The van der Waals surface area contributed by atoms with Crippen molar-refractivity contribution in [3.63, 3.8) is 0 Å². The Morgan fingerprint density at radius 1 is 1.53 bits per heavy atom. The van der Waals surface area contributed by atoms with Crippen molar-refractivity contribution in [1.29, 1.82) is 0 Å². The van der Waals surface area contributed by atoms with Gasteiger partial charge in [-0.2, -0.15) is 5.10 Å². The van der Waals surface area contributed by atoms with Crippen LogP contribution in [0.2, 0.25) is 0 Å². The molecule has 2 rings (SSSR count). The quantitative estimate of drug-likeness (QED) is 0.873. The summed E-state index contributed by atoms with van der Waals surface area (Å²) in [5.41, 5.74) is 0.537. The number of aromatic nitrogens is 2. The molecule has 0 fully saturated rings. The summed E-state index contributed by atoms with van der Waals surface area (Å²) in [6.45, 7) is -0.436. The molecule has 0 aliphatic rings. The first kappa shape index (κ1) is 11.1. The summed E-state index contributed by atoms with van der Waals surface area (Å²) in [6.07, 6.45) is 2.85. The largest absolute Gasteiger partial charge is 0.479 e. The Kier molecular flexibility index (Phi) is 3.04. The first-order valence-corrected chi connectivity index (χ1v) is 4.80. The number of aliphatic carboxylic acids is 1. The van der Waals surface area contributed by atoms with E-state index in [0.29, 0.717) is 11.4 Å². The van der Waals surface area contributed by atoms with Gasteiger partial charge in [-0.05, 0) is 18.2 Å². The van der Waals surface area contributed by atoms with Crippen LogP contribution in [0.25, 0.3) is 5.69 Å². The highest BCUT2D eigenvalue weighted by molar-refractivity contribution is 5.68. The number of halogens is 1. The molecule has 0 unspecified atom stereocenters. The van der Waals surface area contributed by atoms with Crippen LogP contribution in [-0.4, -0.2) is 27.5 Å². The minimum Gasteiger partial charge on any atom is -0.479 e. The number of nitrogens with zero attached hydrogens (tertiary/aromatic N) is 2. The van der Waals surface area contributed by atoms with Gasteiger partial charge in [-0.1, -0.05) is 6.07 Å². The molecule has 5 nitrogen and oxygen atoms in total. The first-order chi connectivity index (χ1) is 8.15. The zero-order valence-electron chi connectivity index (χ0n) is 8.71. The highest BCUT2D eigenvalue weighted by atomic mass is 19.1. The fourth-order valence-electron chi connectivity index (χ4n) is 1.29. The molecule has 0 bridgehead atoms. The Morgan fingerprint density at radius 3 is 3.06 bits per heavy atom. The lowest BCUT2D eigenvalue weighted by Gasteiger charge is -2.00. The average molecular weight is 236 g/mol. The SMILES string of the molecule is O=C(O)COc1cnn(-c2cccc(F)c2)c1. The van der Waals surface area contributed by atoms with Crippen LogP contribution in [0.4, 0.5) is 4.39 Å². The number of benzene rings is 1. The van der Waals surface area contributed by atoms with Gasteiger partial charge in [0.1, 0.15) is 5.82 Å². The standard InChI is InChI=1S/C11H9FN2O3/c12-8-2-1-3-9(4-8)14-6-10(5-13-14)17-7-11(15)16/h1-6H,7H2,(H,15,16). The Balaban J connectivity index is 2.15. The predicted molar refractivity (Wildman–Crippen MR) is 56.7 cm³/mol. The number of ether oxygens (including phenoxy) is 1. The molecule has 0 saturated carbocycles. The molecule has 2 aromatic rings. The van der Waals surface area contributed by atoms with Crippen LogP contribution in [0.5, 0.6) is 5.75 Å². The van der Waals surface area contributed by atoms with Gasteiger partial charge in [0.2, 0.25) is 0 Å². The topological polar surface area (TPSA) is 64.3 Å². The third-order valence-corrected chi connectivity index (χ3v) is 1.99. The van der Waals surface area contributed by atoms with Crippen molar-refractivity contribution in [3.05, 3.63) is 42.5 Å². The number of hydrogen-bond acceptors (Lipinski definition) is 3. The number of carbonyl (C=O) groups is 1. The van der Waals surface area contributed by atoms with Gasteiger partial charge in [0.05, 0.1) is 18.1 Å². The van der Waals surface area contributed by atoms with E-state index in [4.69, 9.17) is 9.84 Å². The van der Waals surface area contributed by atoms with Crippen molar-refractivity contribution < 1.29 is 19.0 Å². The van der Waals surface area contributed by atoms with Gasteiger partial charge in [0, 0.05) is 0 Å². The molecule has 1 aromatic carbocycles. The molecule has 1 heterocycles. The second-order valence-corrected chi connectivity index (χ2v) is 3.28. The van der Waals surface area contributed by atoms with Gasteiger partial charge < -0.3 is 9.84 Å². The number of carboxylic acid groups (broad SMARTS) is 1. The lowest BCUT2D eigenvalue weighted by molar-refractivity contribution is -0.139. The van der Waals surface area contributed by atoms with Gasteiger partial charge in [-0.3, -0.25) is 0 Å².